The summed E-state index contributed by atoms with van der Waals surface area (Å²) in [5, 5.41) is 0. The molecule has 1 unspecified atom stereocenters. The first kappa shape index (κ1) is 13.9. The molecule has 0 bridgehead atoms. The Labute approximate surface area is 128 Å². The lowest BCUT2D eigenvalue weighted by molar-refractivity contribution is 0.129. The average molecular weight is 300 g/mol. The Kier molecular flexibility index (Phi) is 3.06. The Balaban J connectivity index is 1.77. The molecule has 2 aromatic carbocycles. The Morgan fingerprint density at radius 1 is 1.14 bits per heavy atom. The van der Waals surface area contributed by atoms with Gasteiger partial charge in [-0.25, -0.2) is 8.78 Å². The predicted octanol–water partition coefficient (Wildman–Crippen LogP) is 3.47. The Bertz CT molecular complexity index is 711. The average Bonchev–Trinajstić information content (AvgIpc) is 3.24. The van der Waals surface area contributed by atoms with Crippen LogP contribution < -0.4 is 5.73 Å². The summed E-state index contributed by atoms with van der Waals surface area (Å²) in [7, 11) is 0. The third kappa shape index (κ3) is 1.91. The number of benzene rings is 2. The highest BCUT2D eigenvalue weighted by atomic mass is 19.1. The van der Waals surface area contributed by atoms with Crippen LogP contribution in [0.1, 0.15) is 35.6 Å². The predicted molar refractivity (Wildman–Crippen MR) is 81.1 cm³/mol. The molecule has 0 radical (unpaired) electrons. The van der Waals surface area contributed by atoms with Gasteiger partial charge < -0.3 is 5.73 Å². The van der Waals surface area contributed by atoms with Crippen molar-refractivity contribution in [3.63, 3.8) is 0 Å². The highest BCUT2D eigenvalue weighted by Crippen LogP contribution is 2.56. The summed E-state index contributed by atoms with van der Waals surface area (Å²) in [6.07, 6.45) is 2.07. The number of hydrogen-bond acceptors (Lipinski definition) is 2. The monoisotopic (exact) mass is 300 g/mol. The van der Waals surface area contributed by atoms with Crippen LogP contribution in [0.3, 0.4) is 0 Å². The van der Waals surface area contributed by atoms with Gasteiger partial charge in [0.15, 0.2) is 0 Å². The lowest BCUT2D eigenvalue weighted by Crippen LogP contribution is -2.37. The lowest BCUT2D eigenvalue weighted by atomic mass is 10.0. The van der Waals surface area contributed by atoms with Gasteiger partial charge in [0.1, 0.15) is 11.6 Å². The Morgan fingerprint density at radius 2 is 1.86 bits per heavy atom. The molecule has 1 heterocycles. The fourth-order valence-corrected chi connectivity index (χ4v) is 3.85. The Morgan fingerprint density at radius 3 is 2.50 bits per heavy atom. The second kappa shape index (κ2) is 4.86. The minimum absolute atomic E-state index is 0.0762. The number of nitrogens with zero attached hydrogens (tertiary/aromatic N) is 1. The minimum Gasteiger partial charge on any atom is -0.329 e. The summed E-state index contributed by atoms with van der Waals surface area (Å²) < 4.78 is 27.7. The third-order valence-electron chi connectivity index (χ3n) is 5.07. The van der Waals surface area contributed by atoms with Crippen LogP contribution in [-0.4, -0.2) is 11.4 Å². The van der Waals surface area contributed by atoms with E-state index >= 15 is 0 Å². The summed E-state index contributed by atoms with van der Waals surface area (Å²) in [5.41, 5.74) is 8.42. The van der Waals surface area contributed by atoms with E-state index in [2.05, 4.69) is 17.0 Å². The second-order valence-electron chi connectivity index (χ2n) is 6.23. The molecule has 0 amide bonds. The first-order valence-electron chi connectivity index (χ1n) is 7.66. The van der Waals surface area contributed by atoms with E-state index in [1.165, 1.54) is 11.6 Å². The van der Waals surface area contributed by atoms with Crippen molar-refractivity contribution in [2.24, 2.45) is 5.73 Å². The van der Waals surface area contributed by atoms with Crippen LogP contribution in [0.15, 0.2) is 42.5 Å². The first-order valence-corrected chi connectivity index (χ1v) is 7.66. The van der Waals surface area contributed by atoms with Crippen molar-refractivity contribution in [1.82, 2.24) is 4.90 Å². The van der Waals surface area contributed by atoms with Gasteiger partial charge in [-0.15, -0.1) is 0 Å². The summed E-state index contributed by atoms with van der Waals surface area (Å²) in [5.74, 6) is -0.985. The van der Waals surface area contributed by atoms with Gasteiger partial charge >= 0.3 is 0 Å². The minimum atomic E-state index is -0.527. The number of hydrogen-bond donors (Lipinski definition) is 1. The first-order chi connectivity index (χ1) is 10.7. The molecule has 0 spiro atoms. The van der Waals surface area contributed by atoms with Gasteiger partial charge in [-0.3, -0.25) is 4.90 Å². The molecule has 1 aliphatic heterocycles. The molecule has 1 fully saturated rings. The van der Waals surface area contributed by atoms with Gasteiger partial charge in [-0.05, 0) is 30.0 Å². The molecule has 1 atom stereocenters. The van der Waals surface area contributed by atoms with Crippen LogP contribution in [-0.2, 0) is 12.1 Å². The fraction of sp³-hybridized carbons (Fsp3) is 0.333. The highest BCUT2D eigenvalue weighted by molar-refractivity contribution is 5.40. The highest BCUT2D eigenvalue weighted by Gasteiger charge is 2.54. The van der Waals surface area contributed by atoms with Crippen LogP contribution >= 0.6 is 0 Å². The normalized spacial score (nSPS) is 22.6. The number of fused-ring (bicyclic) bond motifs is 1. The van der Waals surface area contributed by atoms with Crippen LogP contribution in [0.5, 0.6) is 0 Å². The maximum absolute atomic E-state index is 14.1. The zero-order chi connectivity index (χ0) is 15.3. The summed E-state index contributed by atoms with van der Waals surface area (Å²) in [6, 6.07) is 12.6. The molecule has 22 heavy (non-hydrogen) atoms. The van der Waals surface area contributed by atoms with E-state index in [4.69, 9.17) is 5.73 Å². The third-order valence-corrected chi connectivity index (χ3v) is 5.07. The van der Waals surface area contributed by atoms with E-state index in [0.29, 0.717) is 24.2 Å². The molecular weight excluding hydrogens is 282 g/mol. The van der Waals surface area contributed by atoms with Gasteiger partial charge in [0, 0.05) is 36.3 Å². The smallest absolute Gasteiger partial charge is 0.130 e. The van der Waals surface area contributed by atoms with Crippen molar-refractivity contribution < 1.29 is 8.78 Å². The van der Waals surface area contributed by atoms with Crippen LogP contribution in [0, 0.1) is 11.6 Å². The van der Waals surface area contributed by atoms with Gasteiger partial charge in [0.05, 0.1) is 0 Å². The van der Waals surface area contributed by atoms with Crippen molar-refractivity contribution in [2.45, 2.75) is 31.0 Å². The molecule has 4 heteroatoms. The van der Waals surface area contributed by atoms with Gasteiger partial charge in [0.2, 0.25) is 0 Å². The van der Waals surface area contributed by atoms with Crippen LogP contribution in [0.4, 0.5) is 8.78 Å². The molecule has 2 nitrogen and oxygen atoms in total. The maximum Gasteiger partial charge on any atom is 0.130 e. The summed E-state index contributed by atoms with van der Waals surface area (Å²) in [4.78, 5) is 2.26. The molecular formula is C18H18F2N2. The lowest BCUT2D eigenvalue weighted by Gasteiger charge is -2.33. The fourth-order valence-electron chi connectivity index (χ4n) is 3.85. The van der Waals surface area contributed by atoms with Crippen molar-refractivity contribution in [2.75, 3.05) is 6.54 Å². The maximum atomic E-state index is 14.1. The van der Waals surface area contributed by atoms with E-state index < -0.39 is 11.6 Å². The van der Waals surface area contributed by atoms with E-state index in [9.17, 15) is 8.78 Å². The zero-order valence-corrected chi connectivity index (χ0v) is 12.2. The second-order valence-corrected chi connectivity index (χ2v) is 6.23. The molecule has 2 aliphatic rings. The van der Waals surface area contributed by atoms with Gasteiger partial charge in [-0.1, -0.05) is 30.3 Å². The molecule has 114 valence electrons. The van der Waals surface area contributed by atoms with Crippen molar-refractivity contribution >= 4 is 0 Å². The van der Waals surface area contributed by atoms with Crippen LogP contribution in [0.2, 0.25) is 0 Å². The molecule has 0 aromatic heterocycles. The molecule has 1 saturated carbocycles. The number of rotatable bonds is 3. The van der Waals surface area contributed by atoms with E-state index in [-0.39, 0.29) is 11.6 Å². The van der Waals surface area contributed by atoms with E-state index in [1.807, 2.05) is 18.2 Å². The topological polar surface area (TPSA) is 29.3 Å². The van der Waals surface area contributed by atoms with Gasteiger partial charge in [-0.2, -0.15) is 0 Å². The summed E-state index contributed by atoms with van der Waals surface area (Å²) >= 11 is 0. The van der Waals surface area contributed by atoms with E-state index in [1.54, 1.807) is 0 Å². The summed E-state index contributed by atoms with van der Waals surface area (Å²) in [6.45, 7) is 0.864. The number of halogens is 2. The van der Waals surface area contributed by atoms with Gasteiger partial charge in [0.25, 0.3) is 0 Å². The molecule has 1 aliphatic carbocycles. The zero-order valence-electron chi connectivity index (χ0n) is 12.2. The number of nitrogens with two attached hydrogens (primary N) is 1. The standard InChI is InChI=1S/C18H18F2N2/c19-13-8-14-15(16(20)9-13)11-22(17(14)10-21)18(6-7-18)12-4-2-1-3-5-12/h1-5,8-9,17H,6-7,10-11,21H2. The molecule has 2 N–H and O–H groups in total. The SMILES string of the molecule is NCC1c2cc(F)cc(F)c2CN1C1(c2ccccc2)CC1. The van der Waals surface area contributed by atoms with E-state index in [0.717, 1.165) is 18.9 Å². The largest absolute Gasteiger partial charge is 0.329 e. The van der Waals surface area contributed by atoms with Crippen molar-refractivity contribution in [3.8, 4) is 0 Å². The quantitative estimate of drug-likeness (QED) is 0.940. The van der Waals surface area contributed by atoms with Crippen molar-refractivity contribution in [3.05, 3.63) is 70.8 Å². The van der Waals surface area contributed by atoms with Crippen molar-refractivity contribution in [1.29, 1.82) is 0 Å². The molecule has 2 aromatic rings. The Hall–Kier alpha value is -1.78. The molecule has 0 saturated heterocycles. The molecule has 4 rings (SSSR count). The van der Waals surface area contributed by atoms with Crippen LogP contribution in [0.25, 0.3) is 0 Å².